The number of carbonyl (C=O) groups is 1. The lowest BCUT2D eigenvalue weighted by molar-refractivity contribution is -0.390. The number of carbonyl (C=O) groups excluding carboxylic acids is 1. The van der Waals surface area contributed by atoms with Crippen molar-refractivity contribution in [3.63, 3.8) is 0 Å². The second kappa shape index (κ2) is 6.19. The largest absolute Gasteiger partial charge is 0.575 e. The van der Waals surface area contributed by atoms with E-state index < -0.39 is 34.5 Å². The molecular weight excluding hydrogens is 400 g/mol. The minimum absolute atomic E-state index is 0.0860. The van der Waals surface area contributed by atoms with E-state index in [2.05, 4.69) is 14.5 Å². The Kier molecular flexibility index (Phi) is 5.08. The Morgan fingerprint density at radius 3 is 2.60 bits per heavy atom. The number of nitrogens with zero attached hydrogens (tertiary/aromatic N) is 2. The molecule has 20 heavy (non-hydrogen) atoms. The molecule has 110 valence electrons. The second-order valence-corrected chi connectivity index (χ2v) is 4.33. The normalized spacial score (nSPS) is 11.1. The van der Waals surface area contributed by atoms with E-state index in [0.29, 0.717) is 0 Å². The first kappa shape index (κ1) is 16.4. The summed E-state index contributed by atoms with van der Waals surface area (Å²) in [5.74, 6) is -3.20. The van der Waals surface area contributed by atoms with Crippen molar-refractivity contribution in [2.24, 2.45) is 0 Å². The molecule has 0 bridgehead atoms. The molecule has 0 aliphatic heterocycles. The Bertz CT molecular complexity index is 549. The molecule has 0 aliphatic carbocycles. The highest BCUT2D eigenvalue weighted by Crippen LogP contribution is 2.31. The van der Waals surface area contributed by atoms with Gasteiger partial charge in [0.1, 0.15) is 0 Å². The van der Waals surface area contributed by atoms with Crippen LogP contribution in [0.25, 0.3) is 0 Å². The van der Waals surface area contributed by atoms with Crippen LogP contribution in [0.1, 0.15) is 17.3 Å². The highest BCUT2D eigenvalue weighted by molar-refractivity contribution is 14.1. The van der Waals surface area contributed by atoms with Gasteiger partial charge in [-0.3, -0.25) is 0 Å². The number of hydrogen-bond acceptors (Lipinski definition) is 6. The molecule has 0 atom stereocenters. The zero-order chi connectivity index (χ0) is 15.5. The van der Waals surface area contributed by atoms with Crippen molar-refractivity contribution in [3.8, 4) is 5.88 Å². The van der Waals surface area contributed by atoms with Crippen LogP contribution < -0.4 is 4.74 Å². The summed E-state index contributed by atoms with van der Waals surface area (Å²) in [6.07, 6.45) is -5.15. The van der Waals surface area contributed by atoms with E-state index in [-0.39, 0.29) is 10.2 Å². The standard InChI is InChI=1S/C9H6F3IN2O5/c1-2-19-8(16)6-4(13)3-5(15(17)18)14-7(6)20-9(10,11)12/h3H,2H2,1H3. The fourth-order valence-corrected chi connectivity index (χ4v) is 1.87. The van der Waals surface area contributed by atoms with Crippen molar-refractivity contribution in [1.29, 1.82) is 0 Å². The average Bonchev–Trinajstić information content (AvgIpc) is 2.25. The number of ether oxygens (including phenoxy) is 2. The van der Waals surface area contributed by atoms with Crippen LogP contribution in [0.15, 0.2) is 6.07 Å². The maximum atomic E-state index is 12.2. The summed E-state index contributed by atoms with van der Waals surface area (Å²) in [6, 6.07) is 0.843. The first-order valence-electron chi connectivity index (χ1n) is 4.93. The summed E-state index contributed by atoms with van der Waals surface area (Å²) < 4.78 is 44.7. The number of aromatic nitrogens is 1. The average molecular weight is 406 g/mol. The van der Waals surface area contributed by atoms with Crippen LogP contribution in [0.4, 0.5) is 19.0 Å². The number of rotatable bonds is 4. The van der Waals surface area contributed by atoms with Crippen LogP contribution >= 0.6 is 22.6 Å². The second-order valence-electron chi connectivity index (χ2n) is 3.17. The number of alkyl halides is 3. The van der Waals surface area contributed by atoms with E-state index in [0.717, 1.165) is 6.07 Å². The van der Waals surface area contributed by atoms with E-state index in [4.69, 9.17) is 0 Å². The molecule has 0 amide bonds. The van der Waals surface area contributed by atoms with E-state index in [1.807, 2.05) is 0 Å². The number of nitro groups is 1. The molecule has 1 aromatic rings. The highest BCUT2D eigenvalue weighted by Gasteiger charge is 2.38. The van der Waals surface area contributed by atoms with Gasteiger partial charge in [0.25, 0.3) is 0 Å². The van der Waals surface area contributed by atoms with Gasteiger partial charge in [0.05, 0.1) is 12.7 Å². The van der Waals surface area contributed by atoms with E-state index in [9.17, 15) is 28.1 Å². The van der Waals surface area contributed by atoms with Gasteiger partial charge < -0.3 is 19.6 Å². The lowest BCUT2D eigenvalue weighted by Gasteiger charge is -2.10. The van der Waals surface area contributed by atoms with Crippen molar-refractivity contribution in [1.82, 2.24) is 4.98 Å². The Balaban J connectivity index is 3.40. The third-order valence-corrected chi connectivity index (χ3v) is 2.65. The summed E-state index contributed by atoms with van der Waals surface area (Å²) in [5.41, 5.74) is -0.615. The number of pyridine rings is 1. The van der Waals surface area contributed by atoms with Crippen LogP contribution in [0.3, 0.4) is 0 Å². The molecule has 0 saturated heterocycles. The quantitative estimate of drug-likeness (QED) is 0.331. The van der Waals surface area contributed by atoms with Crippen molar-refractivity contribution >= 4 is 34.4 Å². The first-order chi connectivity index (χ1) is 9.15. The SMILES string of the molecule is CCOC(=O)c1c(I)cc([N+](=O)[O-])nc1OC(F)(F)F. The van der Waals surface area contributed by atoms with Crippen LogP contribution in [-0.2, 0) is 4.74 Å². The number of esters is 1. The van der Waals surface area contributed by atoms with Gasteiger partial charge in [-0.05, 0) is 34.4 Å². The third-order valence-electron chi connectivity index (χ3n) is 1.80. The first-order valence-corrected chi connectivity index (χ1v) is 6.01. The number of halogens is 4. The monoisotopic (exact) mass is 406 g/mol. The van der Waals surface area contributed by atoms with Gasteiger partial charge in [0.2, 0.25) is 0 Å². The maximum absolute atomic E-state index is 12.2. The van der Waals surface area contributed by atoms with Crippen LogP contribution in [0.2, 0.25) is 0 Å². The molecule has 0 saturated carbocycles. The third kappa shape index (κ3) is 4.18. The minimum Gasteiger partial charge on any atom is -0.462 e. The zero-order valence-electron chi connectivity index (χ0n) is 9.73. The molecule has 0 fully saturated rings. The Hall–Kier alpha value is -1.66. The van der Waals surface area contributed by atoms with Crippen LogP contribution in [0.5, 0.6) is 5.88 Å². The van der Waals surface area contributed by atoms with Crippen molar-refractivity contribution in [2.75, 3.05) is 6.61 Å². The molecule has 0 unspecified atom stereocenters. The van der Waals surface area contributed by atoms with Crippen molar-refractivity contribution < 1.29 is 32.4 Å². The highest BCUT2D eigenvalue weighted by atomic mass is 127. The van der Waals surface area contributed by atoms with Crippen LogP contribution in [-0.4, -0.2) is 28.8 Å². The molecule has 0 aromatic carbocycles. The molecule has 11 heteroatoms. The van der Waals surface area contributed by atoms with E-state index in [1.54, 1.807) is 0 Å². The molecule has 0 aliphatic rings. The zero-order valence-corrected chi connectivity index (χ0v) is 11.9. The van der Waals surface area contributed by atoms with Gasteiger partial charge in [-0.25, -0.2) is 4.79 Å². The van der Waals surface area contributed by atoms with Gasteiger partial charge in [-0.1, -0.05) is 0 Å². The van der Waals surface area contributed by atoms with E-state index in [1.165, 1.54) is 29.5 Å². The summed E-state index contributed by atoms with van der Waals surface area (Å²) >= 11 is 1.46. The van der Waals surface area contributed by atoms with E-state index >= 15 is 0 Å². The molecule has 0 radical (unpaired) electrons. The minimum atomic E-state index is -5.15. The van der Waals surface area contributed by atoms with Gasteiger partial charge in [-0.2, -0.15) is 0 Å². The summed E-state index contributed by atoms with van der Waals surface area (Å²) in [5, 5.41) is 10.6. The molecule has 7 nitrogen and oxygen atoms in total. The fourth-order valence-electron chi connectivity index (χ4n) is 1.14. The van der Waals surface area contributed by atoms with Gasteiger partial charge in [0, 0.05) is 8.55 Å². The van der Waals surface area contributed by atoms with Gasteiger partial charge >= 0.3 is 24.0 Å². The molecule has 1 rings (SSSR count). The lowest BCUT2D eigenvalue weighted by Crippen LogP contribution is -2.21. The topological polar surface area (TPSA) is 91.6 Å². The summed E-state index contributed by atoms with van der Waals surface area (Å²) in [4.78, 5) is 24.2. The Morgan fingerprint density at radius 2 is 2.15 bits per heavy atom. The molecule has 1 heterocycles. The van der Waals surface area contributed by atoms with Gasteiger partial charge in [-0.15, -0.1) is 13.2 Å². The molecule has 0 spiro atoms. The predicted octanol–water partition coefficient (Wildman–Crippen LogP) is 2.67. The summed E-state index contributed by atoms with van der Waals surface area (Å²) in [7, 11) is 0. The fraction of sp³-hybridized carbons (Fsp3) is 0.333. The predicted molar refractivity (Wildman–Crippen MR) is 66.2 cm³/mol. The smallest absolute Gasteiger partial charge is 0.462 e. The van der Waals surface area contributed by atoms with Crippen molar-refractivity contribution in [2.45, 2.75) is 13.3 Å². The molecular formula is C9H6F3IN2O5. The molecule has 0 N–H and O–H groups in total. The lowest BCUT2D eigenvalue weighted by atomic mass is 10.2. The maximum Gasteiger partial charge on any atom is 0.575 e. The summed E-state index contributed by atoms with van der Waals surface area (Å²) in [6.45, 7) is 1.37. The Morgan fingerprint density at radius 1 is 1.55 bits per heavy atom. The van der Waals surface area contributed by atoms with Crippen molar-refractivity contribution in [3.05, 3.63) is 25.3 Å². The molecule has 1 aromatic heterocycles. The van der Waals surface area contributed by atoms with Gasteiger partial charge in [0.15, 0.2) is 5.56 Å². The Labute approximate surface area is 123 Å². The van der Waals surface area contributed by atoms with Crippen LogP contribution in [0, 0.1) is 13.7 Å². The number of hydrogen-bond donors (Lipinski definition) is 0.